The minimum absolute atomic E-state index is 0.0656. The van der Waals surface area contributed by atoms with Crippen molar-refractivity contribution in [2.24, 2.45) is 0 Å². The minimum Gasteiger partial charge on any atom is -0.347 e. The van der Waals surface area contributed by atoms with Crippen LogP contribution in [0.5, 0.6) is 0 Å². The molecule has 0 saturated heterocycles. The molecule has 0 unspecified atom stereocenters. The fraction of sp³-hybridized carbons (Fsp3) is 0.190. The normalized spacial score (nSPS) is 10.6. The van der Waals surface area contributed by atoms with Crippen LogP contribution in [-0.4, -0.2) is 35.8 Å². The number of carbonyl (C=O) groups excluding carboxylic acids is 2. The first-order valence-electron chi connectivity index (χ1n) is 8.67. The average Bonchev–Trinajstić information content (AvgIpc) is 3.08. The lowest BCUT2D eigenvalue weighted by Crippen LogP contribution is -2.23. The zero-order valence-corrected chi connectivity index (χ0v) is 16.6. The van der Waals surface area contributed by atoms with Crippen molar-refractivity contribution in [3.8, 4) is 10.6 Å². The van der Waals surface area contributed by atoms with E-state index in [0.717, 1.165) is 11.1 Å². The number of aromatic nitrogens is 1. The largest absolute Gasteiger partial charge is 0.347 e. The van der Waals surface area contributed by atoms with Crippen molar-refractivity contribution in [1.82, 2.24) is 15.2 Å². The molecule has 1 heterocycles. The predicted molar refractivity (Wildman–Crippen MR) is 108 cm³/mol. The summed E-state index contributed by atoms with van der Waals surface area (Å²) in [5, 5.41) is 3.55. The van der Waals surface area contributed by atoms with Gasteiger partial charge in [-0.3, -0.25) is 9.59 Å². The van der Waals surface area contributed by atoms with Crippen LogP contribution in [0.2, 0.25) is 0 Å². The molecule has 0 saturated carbocycles. The Morgan fingerprint density at radius 3 is 2.32 bits per heavy atom. The molecule has 3 rings (SSSR count). The molecule has 1 N–H and O–H groups in total. The number of benzene rings is 2. The number of aryl methyl sites for hydroxylation is 1. The number of rotatable bonds is 5. The van der Waals surface area contributed by atoms with Crippen molar-refractivity contribution in [3.63, 3.8) is 0 Å². The van der Waals surface area contributed by atoms with Gasteiger partial charge in [0.1, 0.15) is 15.7 Å². The quantitative estimate of drug-likeness (QED) is 0.711. The maximum atomic E-state index is 13.1. The molecule has 3 aromatic rings. The zero-order valence-electron chi connectivity index (χ0n) is 15.8. The van der Waals surface area contributed by atoms with Crippen LogP contribution in [0.4, 0.5) is 4.39 Å². The molecule has 28 heavy (non-hydrogen) atoms. The fourth-order valence-electron chi connectivity index (χ4n) is 2.61. The summed E-state index contributed by atoms with van der Waals surface area (Å²) in [6, 6.07) is 13.2. The molecular formula is C21H20FN3O2S. The number of carbonyl (C=O) groups is 2. The van der Waals surface area contributed by atoms with Crippen molar-refractivity contribution < 1.29 is 14.0 Å². The Labute approximate surface area is 166 Å². The van der Waals surface area contributed by atoms with Gasteiger partial charge in [0.25, 0.3) is 11.8 Å². The molecule has 0 radical (unpaired) electrons. The second-order valence-electron chi connectivity index (χ2n) is 6.52. The number of hydrogen-bond acceptors (Lipinski definition) is 4. The van der Waals surface area contributed by atoms with Crippen molar-refractivity contribution in [1.29, 1.82) is 0 Å². The number of thiazole rings is 1. The zero-order chi connectivity index (χ0) is 20.3. The molecule has 0 fully saturated rings. The molecule has 0 atom stereocenters. The molecule has 7 heteroatoms. The van der Waals surface area contributed by atoms with E-state index in [9.17, 15) is 14.0 Å². The van der Waals surface area contributed by atoms with Crippen LogP contribution in [-0.2, 0) is 6.54 Å². The fourth-order valence-corrected chi connectivity index (χ4v) is 3.60. The van der Waals surface area contributed by atoms with Crippen molar-refractivity contribution in [3.05, 3.63) is 76.0 Å². The van der Waals surface area contributed by atoms with Gasteiger partial charge in [-0.05, 0) is 48.9 Å². The van der Waals surface area contributed by atoms with Gasteiger partial charge >= 0.3 is 0 Å². The number of amides is 2. The van der Waals surface area contributed by atoms with Crippen molar-refractivity contribution in [2.75, 3.05) is 14.1 Å². The minimum atomic E-state index is -0.312. The standard InChI is InChI=1S/C21H20FN3O2S/c1-13-18(28-20(24-13)15-8-10-17(22)11-9-15)19(26)23-12-14-4-6-16(7-5-14)21(27)25(2)3/h4-11H,12H2,1-3H3,(H,23,26). The molecule has 0 aliphatic heterocycles. The van der Waals surface area contributed by atoms with E-state index in [1.54, 1.807) is 45.3 Å². The van der Waals surface area contributed by atoms with E-state index >= 15 is 0 Å². The van der Waals surface area contributed by atoms with E-state index in [2.05, 4.69) is 10.3 Å². The van der Waals surface area contributed by atoms with Crippen LogP contribution in [0.3, 0.4) is 0 Å². The summed E-state index contributed by atoms with van der Waals surface area (Å²) < 4.78 is 13.1. The molecule has 5 nitrogen and oxygen atoms in total. The molecule has 0 spiro atoms. The summed E-state index contributed by atoms with van der Waals surface area (Å²) >= 11 is 1.28. The molecule has 0 bridgehead atoms. The Morgan fingerprint density at radius 2 is 1.71 bits per heavy atom. The van der Waals surface area contributed by atoms with Gasteiger partial charge in [-0.25, -0.2) is 9.37 Å². The van der Waals surface area contributed by atoms with E-state index in [-0.39, 0.29) is 17.6 Å². The number of halogens is 1. The lowest BCUT2D eigenvalue weighted by atomic mass is 10.1. The van der Waals surface area contributed by atoms with E-state index in [1.807, 2.05) is 12.1 Å². The summed E-state index contributed by atoms with van der Waals surface area (Å²) in [5.41, 5.74) is 2.90. The van der Waals surface area contributed by atoms with Gasteiger partial charge < -0.3 is 10.2 Å². The monoisotopic (exact) mass is 397 g/mol. The van der Waals surface area contributed by atoms with E-state index in [4.69, 9.17) is 0 Å². The number of nitrogens with one attached hydrogen (secondary N) is 1. The van der Waals surface area contributed by atoms with Crippen molar-refractivity contribution in [2.45, 2.75) is 13.5 Å². The highest BCUT2D eigenvalue weighted by Crippen LogP contribution is 2.28. The predicted octanol–water partition coefficient (Wildman–Crippen LogP) is 3.89. The SMILES string of the molecule is Cc1nc(-c2ccc(F)cc2)sc1C(=O)NCc1ccc(C(=O)N(C)C)cc1. The van der Waals surface area contributed by atoms with Crippen LogP contribution >= 0.6 is 11.3 Å². The number of hydrogen-bond donors (Lipinski definition) is 1. The van der Waals surface area contributed by atoms with E-state index in [0.29, 0.717) is 27.7 Å². The third kappa shape index (κ3) is 4.43. The summed E-state index contributed by atoms with van der Waals surface area (Å²) in [7, 11) is 3.40. The van der Waals surface area contributed by atoms with Crippen LogP contribution in [0.15, 0.2) is 48.5 Å². The van der Waals surface area contributed by atoms with E-state index in [1.165, 1.54) is 28.4 Å². The summed E-state index contributed by atoms with van der Waals surface area (Å²) in [5.74, 6) is -0.589. The Hall–Kier alpha value is -3.06. The van der Waals surface area contributed by atoms with Gasteiger partial charge in [-0.1, -0.05) is 12.1 Å². The first-order valence-corrected chi connectivity index (χ1v) is 9.49. The highest BCUT2D eigenvalue weighted by molar-refractivity contribution is 7.17. The van der Waals surface area contributed by atoms with Crippen LogP contribution in [0.25, 0.3) is 10.6 Å². The Balaban J connectivity index is 1.67. The summed E-state index contributed by atoms with van der Waals surface area (Å²) in [6.45, 7) is 2.12. The summed E-state index contributed by atoms with van der Waals surface area (Å²) in [4.78, 5) is 30.9. The van der Waals surface area contributed by atoms with Gasteiger partial charge in [0, 0.05) is 31.8 Å². The average molecular weight is 397 g/mol. The number of nitrogens with zero attached hydrogens (tertiary/aromatic N) is 2. The van der Waals surface area contributed by atoms with Gasteiger partial charge in [-0.15, -0.1) is 11.3 Å². The lowest BCUT2D eigenvalue weighted by Gasteiger charge is -2.10. The third-order valence-corrected chi connectivity index (χ3v) is 5.36. The molecule has 144 valence electrons. The van der Waals surface area contributed by atoms with E-state index < -0.39 is 0 Å². The molecule has 0 aliphatic rings. The summed E-state index contributed by atoms with van der Waals surface area (Å²) in [6.07, 6.45) is 0. The first kappa shape index (κ1) is 19.7. The van der Waals surface area contributed by atoms with Crippen LogP contribution in [0, 0.1) is 12.7 Å². The highest BCUT2D eigenvalue weighted by Gasteiger charge is 2.16. The second-order valence-corrected chi connectivity index (χ2v) is 7.52. The van der Waals surface area contributed by atoms with Gasteiger partial charge in [0.05, 0.1) is 5.69 Å². The lowest BCUT2D eigenvalue weighted by molar-refractivity contribution is 0.0827. The van der Waals surface area contributed by atoms with Crippen LogP contribution < -0.4 is 5.32 Å². The van der Waals surface area contributed by atoms with Crippen LogP contribution in [0.1, 0.15) is 31.3 Å². The Bertz CT molecular complexity index is 995. The third-order valence-electron chi connectivity index (χ3n) is 4.15. The maximum Gasteiger partial charge on any atom is 0.263 e. The Morgan fingerprint density at radius 1 is 1.07 bits per heavy atom. The first-order chi connectivity index (χ1) is 13.3. The highest BCUT2D eigenvalue weighted by atomic mass is 32.1. The molecular weight excluding hydrogens is 377 g/mol. The molecule has 1 aromatic heterocycles. The van der Waals surface area contributed by atoms with Crippen molar-refractivity contribution >= 4 is 23.2 Å². The topological polar surface area (TPSA) is 62.3 Å². The molecule has 0 aliphatic carbocycles. The Kier molecular flexibility index (Phi) is 5.84. The second kappa shape index (κ2) is 8.31. The molecule has 2 amide bonds. The molecule has 2 aromatic carbocycles. The van der Waals surface area contributed by atoms with Gasteiger partial charge in [0.2, 0.25) is 0 Å². The van der Waals surface area contributed by atoms with Gasteiger partial charge in [0.15, 0.2) is 0 Å². The smallest absolute Gasteiger partial charge is 0.263 e. The maximum absolute atomic E-state index is 13.1. The van der Waals surface area contributed by atoms with Gasteiger partial charge in [-0.2, -0.15) is 0 Å².